The van der Waals surface area contributed by atoms with Crippen molar-refractivity contribution in [2.45, 2.75) is 32.1 Å². The van der Waals surface area contributed by atoms with Crippen LogP contribution in [0.5, 0.6) is 0 Å². The fourth-order valence-corrected chi connectivity index (χ4v) is 4.93. The fourth-order valence-electron chi connectivity index (χ4n) is 4.05. The molecule has 1 aromatic rings. The minimum absolute atomic E-state index is 0.150. The lowest BCUT2D eigenvalue weighted by molar-refractivity contribution is 0.194. The fraction of sp³-hybridized carbons (Fsp3) is 0.600. The van der Waals surface area contributed by atoms with E-state index in [1.165, 1.54) is 31.7 Å². The Balaban J connectivity index is 1.88. The molecule has 98 valence electrons. The van der Waals surface area contributed by atoms with Gasteiger partial charge in [-0.3, -0.25) is 0 Å². The molecular formula is C15H17BrF2. The first-order chi connectivity index (χ1) is 8.64. The Morgan fingerprint density at radius 1 is 1.28 bits per heavy atom. The number of halogens is 3. The molecular weight excluding hydrogens is 298 g/mol. The third-order valence-electron chi connectivity index (χ3n) is 4.94. The van der Waals surface area contributed by atoms with Crippen LogP contribution in [-0.2, 0) is 6.42 Å². The van der Waals surface area contributed by atoms with E-state index in [0.29, 0.717) is 17.9 Å². The van der Waals surface area contributed by atoms with E-state index in [1.54, 1.807) is 12.1 Å². The van der Waals surface area contributed by atoms with Gasteiger partial charge >= 0.3 is 0 Å². The van der Waals surface area contributed by atoms with E-state index in [4.69, 9.17) is 0 Å². The third kappa shape index (κ3) is 1.91. The molecule has 2 saturated carbocycles. The van der Waals surface area contributed by atoms with Crippen molar-refractivity contribution in [2.24, 2.45) is 17.3 Å². The summed E-state index contributed by atoms with van der Waals surface area (Å²) < 4.78 is 27.1. The Kier molecular flexibility index (Phi) is 3.21. The average molecular weight is 315 g/mol. The summed E-state index contributed by atoms with van der Waals surface area (Å²) in [6, 6.07) is 4.54. The van der Waals surface area contributed by atoms with Gasteiger partial charge in [0.05, 0.1) is 0 Å². The predicted molar refractivity (Wildman–Crippen MR) is 71.7 cm³/mol. The molecule has 0 nitrogen and oxygen atoms in total. The Bertz CT molecular complexity index is 460. The van der Waals surface area contributed by atoms with Crippen molar-refractivity contribution >= 4 is 15.9 Å². The second-order valence-electron chi connectivity index (χ2n) is 5.97. The quantitative estimate of drug-likeness (QED) is 0.709. The smallest absolute Gasteiger partial charge is 0.162 e. The van der Waals surface area contributed by atoms with Crippen LogP contribution in [0.15, 0.2) is 18.2 Å². The van der Waals surface area contributed by atoms with Crippen molar-refractivity contribution in [1.29, 1.82) is 0 Å². The van der Waals surface area contributed by atoms with Crippen LogP contribution in [0, 0.1) is 28.9 Å². The third-order valence-corrected chi connectivity index (χ3v) is 6.06. The lowest BCUT2D eigenvalue weighted by Gasteiger charge is -2.36. The Morgan fingerprint density at radius 2 is 2.11 bits per heavy atom. The van der Waals surface area contributed by atoms with Gasteiger partial charge in [-0.25, -0.2) is 8.78 Å². The zero-order chi connectivity index (χ0) is 12.8. The van der Waals surface area contributed by atoms with E-state index in [9.17, 15) is 8.78 Å². The first kappa shape index (κ1) is 12.6. The molecule has 0 N–H and O–H groups in total. The maximum Gasteiger partial charge on any atom is 0.162 e. The molecule has 2 bridgehead atoms. The second kappa shape index (κ2) is 4.59. The first-order valence-electron chi connectivity index (χ1n) is 6.63. The number of hydrogen-bond donors (Lipinski definition) is 0. The van der Waals surface area contributed by atoms with Crippen molar-refractivity contribution in [3.05, 3.63) is 35.4 Å². The number of fused-ring (bicyclic) bond motifs is 2. The first-order valence-corrected chi connectivity index (χ1v) is 7.75. The highest BCUT2D eigenvalue weighted by molar-refractivity contribution is 9.09. The molecule has 2 aliphatic carbocycles. The number of rotatable bonds is 3. The summed E-state index contributed by atoms with van der Waals surface area (Å²) >= 11 is 3.62. The summed E-state index contributed by atoms with van der Waals surface area (Å²) in [5.74, 6) is 0.120. The standard InChI is InChI=1S/C15H17BrF2/c16-9-15(7-10-4-5-12(15)6-10)8-11-2-1-3-13(17)14(11)18/h1-3,10,12H,4-9H2. The molecule has 3 heteroatoms. The van der Waals surface area contributed by atoms with Crippen LogP contribution in [0.4, 0.5) is 8.78 Å². The molecule has 2 fully saturated rings. The summed E-state index contributed by atoms with van der Waals surface area (Å²) in [5.41, 5.74) is 0.694. The van der Waals surface area contributed by atoms with Gasteiger partial charge in [0.1, 0.15) is 0 Å². The number of alkyl halides is 1. The van der Waals surface area contributed by atoms with E-state index < -0.39 is 11.6 Å². The van der Waals surface area contributed by atoms with E-state index >= 15 is 0 Å². The van der Waals surface area contributed by atoms with Gasteiger partial charge in [-0.05, 0) is 54.6 Å². The minimum Gasteiger partial charge on any atom is -0.204 e. The summed E-state index contributed by atoms with van der Waals surface area (Å²) in [7, 11) is 0. The predicted octanol–water partition coefficient (Wildman–Crippen LogP) is 4.71. The molecule has 3 atom stereocenters. The van der Waals surface area contributed by atoms with Crippen LogP contribution in [0.1, 0.15) is 31.2 Å². The van der Waals surface area contributed by atoms with Crippen molar-refractivity contribution in [3.63, 3.8) is 0 Å². The van der Waals surface area contributed by atoms with Gasteiger partial charge in [-0.1, -0.05) is 34.5 Å². The summed E-state index contributed by atoms with van der Waals surface area (Å²) in [4.78, 5) is 0. The molecule has 0 aliphatic heterocycles. The average Bonchev–Trinajstić information content (AvgIpc) is 2.96. The lowest BCUT2D eigenvalue weighted by atomic mass is 9.71. The van der Waals surface area contributed by atoms with Gasteiger partial charge in [0.2, 0.25) is 0 Å². The monoisotopic (exact) mass is 314 g/mol. The largest absolute Gasteiger partial charge is 0.204 e. The van der Waals surface area contributed by atoms with Crippen LogP contribution in [0.25, 0.3) is 0 Å². The molecule has 0 saturated heterocycles. The maximum absolute atomic E-state index is 13.8. The van der Waals surface area contributed by atoms with Crippen molar-refractivity contribution in [3.8, 4) is 0 Å². The van der Waals surface area contributed by atoms with Crippen molar-refractivity contribution in [1.82, 2.24) is 0 Å². The molecule has 3 unspecified atom stereocenters. The van der Waals surface area contributed by atoms with Gasteiger partial charge in [0.25, 0.3) is 0 Å². The number of benzene rings is 1. The van der Waals surface area contributed by atoms with Crippen LogP contribution >= 0.6 is 15.9 Å². The molecule has 3 rings (SSSR count). The zero-order valence-electron chi connectivity index (χ0n) is 10.3. The Hall–Kier alpha value is -0.440. The normalized spacial score (nSPS) is 34.2. The summed E-state index contributed by atoms with van der Waals surface area (Å²) in [5, 5.41) is 0.900. The van der Waals surface area contributed by atoms with Crippen LogP contribution in [0.3, 0.4) is 0 Å². The molecule has 0 spiro atoms. The van der Waals surface area contributed by atoms with Gasteiger partial charge < -0.3 is 0 Å². The Labute approximate surface area is 115 Å². The highest BCUT2D eigenvalue weighted by Crippen LogP contribution is 2.58. The topological polar surface area (TPSA) is 0 Å². The van der Waals surface area contributed by atoms with Gasteiger partial charge in [-0.2, -0.15) is 0 Å². The van der Waals surface area contributed by atoms with E-state index in [2.05, 4.69) is 15.9 Å². The highest BCUT2D eigenvalue weighted by atomic mass is 79.9. The van der Waals surface area contributed by atoms with Gasteiger partial charge in [0, 0.05) is 5.33 Å². The van der Waals surface area contributed by atoms with E-state index in [0.717, 1.165) is 11.2 Å². The summed E-state index contributed by atoms with van der Waals surface area (Å²) in [6.07, 6.45) is 5.70. The molecule has 0 heterocycles. The zero-order valence-corrected chi connectivity index (χ0v) is 11.8. The van der Waals surface area contributed by atoms with Crippen LogP contribution in [-0.4, -0.2) is 5.33 Å². The maximum atomic E-state index is 13.8. The lowest BCUT2D eigenvalue weighted by Crippen LogP contribution is -2.32. The molecule has 18 heavy (non-hydrogen) atoms. The van der Waals surface area contributed by atoms with Crippen molar-refractivity contribution < 1.29 is 8.78 Å². The van der Waals surface area contributed by atoms with Gasteiger partial charge in [0.15, 0.2) is 11.6 Å². The second-order valence-corrected chi connectivity index (χ2v) is 6.53. The molecule has 0 amide bonds. The van der Waals surface area contributed by atoms with Crippen molar-refractivity contribution in [2.75, 3.05) is 5.33 Å². The molecule has 0 radical (unpaired) electrons. The number of hydrogen-bond acceptors (Lipinski definition) is 0. The minimum atomic E-state index is -0.722. The Morgan fingerprint density at radius 3 is 2.72 bits per heavy atom. The van der Waals surface area contributed by atoms with Gasteiger partial charge in [-0.15, -0.1) is 0 Å². The summed E-state index contributed by atoms with van der Waals surface area (Å²) in [6.45, 7) is 0. The molecule has 1 aromatic carbocycles. The van der Waals surface area contributed by atoms with E-state index in [1.807, 2.05) is 0 Å². The highest BCUT2D eigenvalue weighted by Gasteiger charge is 2.50. The molecule has 2 aliphatic rings. The van der Waals surface area contributed by atoms with Crippen LogP contribution in [0.2, 0.25) is 0 Å². The van der Waals surface area contributed by atoms with E-state index in [-0.39, 0.29) is 5.41 Å². The van der Waals surface area contributed by atoms with Crippen LogP contribution < -0.4 is 0 Å². The molecule has 0 aromatic heterocycles. The SMILES string of the molecule is Fc1cccc(CC2(CBr)CC3CCC2C3)c1F.